The van der Waals surface area contributed by atoms with Crippen molar-refractivity contribution in [1.29, 1.82) is 0 Å². The van der Waals surface area contributed by atoms with Gasteiger partial charge in [0.05, 0.1) is 0 Å². The number of fused-ring (bicyclic) bond motifs is 1. The van der Waals surface area contributed by atoms with Gasteiger partial charge in [0, 0.05) is 0 Å². The van der Waals surface area contributed by atoms with E-state index in [4.69, 9.17) is 6.42 Å². The summed E-state index contributed by atoms with van der Waals surface area (Å²) in [4.78, 5) is 0. The van der Waals surface area contributed by atoms with Gasteiger partial charge in [0.15, 0.2) is 0 Å². The SMILES string of the molecule is B=C(B)C1=c2c(O)c(B)c(B)c(B)c2=C(C/C(B)=C(B)\C(B)=C(\B)C#C)CC1. The Kier molecular flexibility index (Phi) is 7.03. The number of allylic oxidation sites excluding steroid dienone is 4. The maximum absolute atomic E-state index is 11.0. The molecule has 0 heterocycles. The van der Waals surface area contributed by atoms with Crippen LogP contribution in [0, 0.1) is 12.3 Å². The van der Waals surface area contributed by atoms with Crippen LogP contribution in [0.4, 0.5) is 0 Å². The summed E-state index contributed by atoms with van der Waals surface area (Å²) < 4.78 is 0. The van der Waals surface area contributed by atoms with E-state index < -0.39 is 0 Å². The first kappa shape index (κ1) is 22.5. The van der Waals surface area contributed by atoms with Crippen LogP contribution in [-0.4, -0.2) is 80.7 Å². The number of benzene rings is 1. The number of phenols is 1. The standard InChI is InChI=1S/C18H25B9O/c1-2-8(19)12(21)13(22)9(20)5-6-3-4-7(18(26)27)11-10(6)14(23)15(24)16(25)17(11)28/h1,26,28H,3-5,19-25,27H2/b12-8-,13-9-. The van der Waals surface area contributed by atoms with Gasteiger partial charge in [0.25, 0.3) is 0 Å². The Bertz CT molecular complexity index is 1100. The molecule has 28 heavy (non-hydrogen) atoms. The van der Waals surface area contributed by atoms with Gasteiger partial charge < -0.3 is 0 Å². The summed E-state index contributed by atoms with van der Waals surface area (Å²) in [7, 11) is 21.0. The summed E-state index contributed by atoms with van der Waals surface area (Å²) in [5.74, 6) is 3.18. The van der Waals surface area contributed by atoms with Crippen molar-refractivity contribution in [2.45, 2.75) is 19.3 Å². The monoisotopic (exact) mass is 356 g/mol. The summed E-state index contributed by atoms with van der Waals surface area (Å²) in [6, 6.07) is 0. The first-order valence-electron chi connectivity index (χ1n) is 10.0. The zero-order chi connectivity index (χ0) is 21.3. The van der Waals surface area contributed by atoms with Gasteiger partial charge in [-0.25, -0.2) is 0 Å². The van der Waals surface area contributed by atoms with Crippen LogP contribution in [0.25, 0.3) is 11.1 Å². The van der Waals surface area contributed by atoms with Gasteiger partial charge in [0.1, 0.15) is 0 Å². The zero-order valence-corrected chi connectivity index (χ0v) is 18.9. The molecule has 1 nitrogen and oxygen atoms in total. The van der Waals surface area contributed by atoms with E-state index in [1.54, 1.807) is 0 Å². The molecule has 0 fully saturated rings. The molecule has 0 aliphatic heterocycles. The van der Waals surface area contributed by atoms with Crippen LogP contribution in [0.1, 0.15) is 19.3 Å². The van der Waals surface area contributed by atoms with E-state index >= 15 is 0 Å². The molecule has 1 aromatic carbocycles. The molecule has 0 spiro atoms. The first-order valence-corrected chi connectivity index (χ1v) is 10.0. The van der Waals surface area contributed by atoms with Crippen LogP contribution in [0.5, 0.6) is 5.75 Å². The van der Waals surface area contributed by atoms with Crippen molar-refractivity contribution in [2.75, 3.05) is 0 Å². The van der Waals surface area contributed by atoms with Crippen LogP contribution < -0.4 is 26.8 Å². The summed E-state index contributed by atoms with van der Waals surface area (Å²) >= 11 is 0. The van der Waals surface area contributed by atoms with Gasteiger partial charge in [-0.05, 0) is 0 Å². The Labute approximate surface area is 177 Å². The van der Waals surface area contributed by atoms with Gasteiger partial charge in [-0.2, -0.15) is 0 Å². The van der Waals surface area contributed by atoms with Gasteiger partial charge in [0.2, 0.25) is 0 Å². The van der Waals surface area contributed by atoms with Crippen molar-refractivity contribution < 1.29 is 5.11 Å². The Balaban J connectivity index is 2.88. The van der Waals surface area contributed by atoms with E-state index in [1.807, 2.05) is 23.5 Å². The molecule has 0 saturated heterocycles. The number of rotatable bonds is 4. The summed E-state index contributed by atoms with van der Waals surface area (Å²) in [6.07, 6.45) is 8.43. The van der Waals surface area contributed by atoms with Crippen molar-refractivity contribution in [3.63, 3.8) is 0 Å². The topological polar surface area (TPSA) is 20.2 Å². The predicted molar refractivity (Wildman–Crippen MR) is 150 cm³/mol. The number of hydrogen-bond donors (Lipinski definition) is 1. The van der Waals surface area contributed by atoms with E-state index in [1.165, 1.54) is 43.7 Å². The van der Waals surface area contributed by atoms with E-state index in [0.717, 1.165) is 40.8 Å². The van der Waals surface area contributed by atoms with Crippen molar-refractivity contribution >= 4 is 103 Å². The zero-order valence-electron chi connectivity index (χ0n) is 18.9. The summed E-state index contributed by atoms with van der Waals surface area (Å²) in [5, 5.41) is 14.3. The molecule has 2 rings (SSSR count). The van der Waals surface area contributed by atoms with E-state index in [0.29, 0.717) is 5.75 Å². The van der Waals surface area contributed by atoms with Crippen molar-refractivity contribution in [2.24, 2.45) is 0 Å². The number of phenolic OH excluding ortho intramolecular Hbond substituents is 1. The molecule has 0 aromatic heterocycles. The molecule has 1 aliphatic rings. The number of terminal acetylenes is 1. The maximum atomic E-state index is 11.0. The molecule has 0 amide bonds. The van der Waals surface area contributed by atoms with Crippen molar-refractivity contribution in [1.82, 2.24) is 0 Å². The first-order chi connectivity index (χ1) is 13.0. The second-order valence-corrected chi connectivity index (χ2v) is 8.31. The number of hydrogen-bond acceptors (Lipinski definition) is 1. The fourth-order valence-electron chi connectivity index (χ4n) is 4.17. The molecule has 1 aliphatic carbocycles. The van der Waals surface area contributed by atoms with Gasteiger partial charge in [-0.1, -0.05) is 0 Å². The third-order valence-corrected chi connectivity index (χ3v) is 6.65. The molecule has 130 valence electrons. The van der Waals surface area contributed by atoms with Crippen LogP contribution in [0.3, 0.4) is 0 Å². The molecule has 0 unspecified atom stereocenters. The van der Waals surface area contributed by atoms with E-state index in [9.17, 15) is 5.11 Å². The average molecular weight is 355 g/mol. The molecular formula is C18H25B9O. The van der Waals surface area contributed by atoms with Crippen molar-refractivity contribution in [3.8, 4) is 18.1 Å². The molecule has 10 heteroatoms. The Morgan fingerprint density at radius 1 is 0.929 bits per heavy atom. The third kappa shape index (κ3) is 4.00. The van der Waals surface area contributed by atoms with Gasteiger partial charge in [-0.3, -0.25) is 0 Å². The second-order valence-electron chi connectivity index (χ2n) is 8.31. The Morgan fingerprint density at radius 3 is 2.07 bits per heavy atom. The minimum absolute atomic E-state index is 0.422. The van der Waals surface area contributed by atoms with Gasteiger partial charge >= 0.3 is 178 Å². The van der Waals surface area contributed by atoms with Crippen molar-refractivity contribution in [3.05, 3.63) is 32.3 Å². The molecule has 0 atom stereocenters. The van der Waals surface area contributed by atoms with Gasteiger partial charge in [-0.15, -0.1) is 0 Å². The average Bonchev–Trinajstić information content (AvgIpc) is 2.67. The van der Waals surface area contributed by atoms with Crippen LogP contribution in [-0.2, 0) is 0 Å². The van der Waals surface area contributed by atoms with Crippen LogP contribution in [0.15, 0.2) is 21.9 Å². The predicted octanol–water partition coefficient (Wildman–Crippen LogP) is -9.09. The summed E-state index contributed by atoms with van der Waals surface area (Å²) in [6.45, 7) is 0. The Hall–Kier alpha value is -1.75. The normalized spacial score (nSPS) is 15.2. The third-order valence-electron chi connectivity index (χ3n) is 6.65. The molecule has 0 bridgehead atoms. The Morgan fingerprint density at radius 2 is 1.54 bits per heavy atom. The quantitative estimate of drug-likeness (QED) is 0.323. The molecule has 1 aromatic rings. The fourth-order valence-corrected chi connectivity index (χ4v) is 4.17. The minimum atomic E-state index is 0.422. The number of aromatic hydroxyl groups is 1. The van der Waals surface area contributed by atoms with Crippen LogP contribution in [0.2, 0.25) is 0 Å². The van der Waals surface area contributed by atoms with E-state index in [2.05, 4.69) is 52.6 Å². The molecular weight excluding hydrogens is 330 g/mol. The van der Waals surface area contributed by atoms with Crippen LogP contribution >= 0.6 is 0 Å². The molecule has 0 saturated carbocycles. The summed E-state index contributed by atoms with van der Waals surface area (Å²) in [5.41, 5.74) is 10.8. The second kappa shape index (κ2) is 8.73. The fraction of sp³-hybridized carbons (Fsp3) is 0.167. The molecule has 1 N–H and O–H groups in total. The molecule has 0 radical (unpaired) electrons. The van der Waals surface area contributed by atoms with E-state index in [-0.39, 0.29) is 0 Å².